The molecule has 0 atom stereocenters. The Bertz CT molecular complexity index is 677. The van der Waals surface area contributed by atoms with E-state index in [1.807, 2.05) is 0 Å². The summed E-state index contributed by atoms with van der Waals surface area (Å²) in [6, 6.07) is 6.13. The van der Waals surface area contributed by atoms with Crippen molar-refractivity contribution in [3.05, 3.63) is 59.2 Å². The van der Waals surface area contributed by atoms with Gasteiger partial charge in [-0.25, -0.2) is 17.6 Å². The van der Waals surface area contributed by atoms with Crippen LogP contribution in [0.4, 0.5) is 28.9 Å². The van der Waals surface area contributed by atoms with Gasteiger partial charge >= 0.3 is 0 Å². The molecule has 7 heteroatoms. The fourth-order valence-corrected chi connectivity index (χ4v) is 1.80. The van der Waals surface area contributed by atoms with E-state index < -0.39 is 34.9 Å². The van der Waals surface area contributed by atoms with Gasteiger partial charge in [-0.05, 0) is 11.6 Å². The summed E-state index contributed by atoms with van der Waals surface area (Å²) in [7, 11) is 0. The van der Waals surface area contributed by atoms with Crippen LogP contribution in [0, 0.1) is 23.3 Å². The Morgan fingerprint density at radius 1 is 1.05 bits per heavy atom. The summed E-state index contributed by atoms with van der Waals surface area (Å²) in [5.74, 6) is -6.81. The molecular formula is C14H10F4N2O. The van der Waals surface area contributed by atoms with Gasteiger partial charge in [0.1, 0.15) is 5.69 Å². The molecule has 2 aromatic carbocycles. The van der Waals surface area contributed by atoms with Crippen LogP contribution >= 0.6 is 0 Å². The third-order valence-corrected chi connectivity index (χ3v) is 2.75. The van der Waals surface area contributed by atoms with Crippen LogP contribution in [0.1, 0.15) is 5.56 Å². The smallest absolute Gasteiger partial charge is 0.221 e. The first-order valence-corrected chi connectivity index (χ1v) is 5.86. The van der Waals surface area contributed by atoms with Crippen LogP contribution in [0.5, 0.6) is 0 Å². The minimum atomic E-state index is -1.55. The summed E-state index contributed by atoms with van der Waals surface area (Å²) < 4.78 is 53.4. The summed E-state index contributed by atoms with van der Waals surface area (Å²) in [6.45, 7) is 0. The van der Waals surface area contributed by atoms with Gasteiger partial charge < -0.3 is 11.1 Å². The van der Waals surface area contributed by atoms with Gasteiger partial charge in [-0.15, -0.1) is 0 Å². The molecule has 0 aliphatic heterocycles. The highest BCUT2D eigenvalue weighted by molar-refractivity contribution is 5.79. The Kier molecular flexibility index (Phi) is 4.11. The lowest BCUT2D eigenvalue weighted by molar-refractivity contribution is -0.117. The molecule has 0 saturated heterocycles. The molecule has 0 saturated carbocycles. The summed E-state index contributed by atoms with van der Waals surface area (Å²) in [6.07, 6.45) is -0.190. The molecule has 0 aromatic heterocycles. The molecule has 2 rings (SSSR count). The van der Waals surface area contributed by atoms with Crippen LogP contribution < -0.4 is 11.1 Å². The number of nitrogens with two attached hydrogens (primary N) is 1. The zero-order valence-electron chi connectivity index (χ0n) is 10.6. The Balaban J connectivity index is 2.46. The van der Waals surface area contributed by atoms with Crippen molar-refractivity contribution in [3.8, 4) is 0 Å². The predicted molar refractivity (Wildman–Crippen MR) is 68.9 cm³/mol. The van der Waals surface area contributed by atoms with E-state index in [9.17, 15) is 22.4 Å². The maximum atomic E-state index is 13.6. The van der Waals surface area contributed by atoms with Gasteiger partial charge in [0.2, 0.25) is 5.91 Å². The van der Waals surface area contributed by atoms with Gasteiger partial charge in [0.05, 0.1) is 6.42 Å². The SMILES string of the molecule is NC(=O)Cc1ccccc1Nc1c(F)c(F)cc(F)c1F. The van der Waals surface area contributed by atoms with E-state index >= 15 is 0 Å². The molecule has 0 unspecified atom stereocenters. The number of primary amides is 1. The second-order valence-corrected chi connectivity index (χ2v) is 4.27. The monoisotopic (exact) mass is 298 g/mol. The van der Waals surface area contributed by atoms with Crippen molar-refractivity contribution in [1.82, 2.24) is 0 Å². The quantitative estimate of drug-likeness (QED) is 0.673. The van der Waals surface area contributed by atoms with E-state index in [0.29, 0.717) is 5.56 Å². The average molecular weight is 298 g/mol. The van der Waals surface area contributed by atoms with Crippen LogP contribution in [-0.2, 0) is 11.2 Å². The van der Waals surface area contributed by atoms with E-state index in [0.717, 1.165) is 0 Å². The number of nitrogens with one attached hydrogen (secondary N) is 1. The lowest BCUT2D eigenvalue weighted by Crippen LogP contribution is -2.15. The number of carbonyl (C=O) groups excluding carboxylic acids is 1. The second-order valence-electron chi connectivity index (χ2n) is 4.27. The molecule has 0 aliphatic carbocycles. The first-order valence-electron chi connectivity index (χ1n) is 5.86. The standard InChI is InChI=1S/C14H10F4N2O/c15-8-6-9(16)13(18)14(12(8)17)20-10-4-2-1-3-7(10)5-11(19)21/h1-4,6,20H,5H2,(H2,19,21). The van der Waals surface area contributed by atoms with Crippen LogP contribution in [0.3, 0.4) is 0 Å². The summed E-state index contributed by atoms with van der Waals surface area (Å²) in [4.78, 5) is 10.9. The number of amides is 1. The summed E-state index contributed by atoms with van der Waals surface area (Å²) in [5, 5.41) is 2.26. The largest absolute Gasteiger partial charge is 0.369 e. The van der Waals surface area contributed by atoms with Crippen molar-refractivity contribution in [2.24, 2.45) is 5.73 Å². The summed E-state index contributed by atoms with van der Waals surface area (Å²) in [5.41, 5.74) is 4.56. The van der Waals surface area contributed by atoms with Gasteiger partial charge in [0, 0.05) is 11.8 Å². The molecule has 110 valence electrons. The zero-order valence-corrected chi connectivity index (χ0v) is 10.6. The van der Waals surface area contributed by atoms with Crippen LogP contribution in [0.25, 0.3) is 0 Å². The van der Waals surface area contributed by atoms with E-state index in [1.54, 1.807) is 6.07 Å². The fraction of sp³-hybridized carbons (Fsp3) is 0.0714. The third kappa shape index (κ3) is 3.13. The van der Waals surface area contributed by atoms with Crippen LogP contribution in [0.2, 0.25) is 0 Å². The van der Waals surface area contributed by atoms with Crippen LogP contribution in [0.15, 0.2) is 30.3 Å². The molecule has 0 radical (unpaired) electrons. The Labute approximate surface area is 117 Å². The van der Waals surface area contributed by atoms with Gasteiger partial charge in [0.25, 0.3) is 0 Å². The predicted octanol–water partition coefficient (Wildman–Crippen LogP) is 3.01. The molecule has 2 aromatic rings. The number of hydrogen-bond donors (Lipinski definition) is 2. The van der Waals surface area contributed by atoms with Gasteiger partial charge in [0.15, 0.2) is 23.3 Å². The molecule has 0 bridgehead atoms. The first kappa shape index (κ1) is 14.8. The van der Waals surface area contributed by atoms with Crippen molar-refractivity contribution in [1.29, 1.82) is 0 Å². The van der Waals surface area contributed by atoms with Gasteiger partial charge in [-0.2, -0.15) is 0 Å². The van der Waals surface area contributed by atoms with Crippen molar-refractivity contribution in [2.45, 2.75) is 6.42 Å². The molecule has 21 heavy (non-hydrogen) atoms. The molecule has 3 N–H and O–H groups in total. The number of anilines is 2. The minimum absolute atomic E-state index is 0.116. The van der Waals surface area contributed by atoms with Crippen molar-refractivity contribution < 1.29 is 22.4 Å². The fourth-order valence-electron chi connectivity index (χ4n) is 1.80. The van der Waals surface area contributed by atoms with Crippen molar-refractivity contribution in [2.75, 3.05) is 5.32 Å². The second kappa shape index (κ2) is 5.82. The van der Waals surface area contributed by atoms with Crippen molar-refractivity contribution in [3.63, 3.8) is 0 Å². The summed E-state index contributed by atoms with van der Waals surface area (Å²) >= 11 is 0. The normalized spacial score (nSPS) is 10.5. The maximum Gasteiger partial charge on any atom is 0.221 e. The first-order chi connectivity index (χ1) is 9.90. The number of halogens is 4. The van der Waals surface area contributed by atoms with Crippen LogP contribution in [-0.4, -0.2) is 5.91 Å². The lowest BCUT2D eigenvalue weighted by atomic mass is 10.1. The van der Waals surface area contributed by atoms with Gasteiger partial charge in [-0.3, -0.25) is 4.79 Å². The number of carbonyl (C=O) groups is 1. The number of benzene rings is 2. The zero-order chi connectivity index (χ0) is 15.6. The Morgan fingerprint density at radius 3 is 2.19 bits per heavy atom. The van der Waals surface area contributed by atoms with E-state index in [4.69, 9.17) is 5.73 Å². The molecule has 1 amide bonds. The highest BCUT2D eigenvalue weighted by atomic mass is 19.2. The minimum Gasteiger partial charge on any atom is -0.369 e. The van der Waals surface area contributed by atoms with E-state index in [2.05, 4.69) is 5.32 Å². The topological polar surface area (TPSA) is 55.1 Å². The number of hydrogen-bond acceptors (Lipinski definition) is 2. The molecule has 0 spiro atoms. The molecule has 0 aliphatic rings. The maximum absolute atomic E-state index is 13.6. The Morgan fingerprint density at radius 2 is 1.62 bits per heavy atom. The molecule has 0 heterocycles. The molecule has 0 fully saturated rings. The van der Waals surface area contributed by atoms with E-state index in [1.165, 1.54) is 18.2 Å². The molecule has 3 nitrogen and oxygen atoms in total. The number of para-hydroxylation sites is 1. The average Bonchev–Trinajstić information content (AvgIpc) is 2.42. The molecular weight excluding hydrogens is 288 g/mol. The highest BCUT2D eigenvalue weighted by Crippen LogP contribution is 2.29. The number of rotatable bonds is 4. The van der Waals surface area contributed by atoms with Crippen molar-refractivity contribution >= 4 is 17.3 Å². The van der Waals surface area contributed by atoms with E-state index in [-0.39, 0.29) is 18.2 Å². The lowest BCUT2D eigenvalue weighted by Gasteiger charge is -2.13. The van der Waals surface area contributed by atoms with Gasteiger partial charge in [-0.1, -0.05) is 18.2 Å². The Hall–Kier alpha value is -2.57. The third-order valence-electron chi connectivity index (χ3n) is 2.75. The highest BCUT2D eigenvalue weighted by Gasteiger charge is 2.20.